The average molecular weight is 231 g/mol. The number of hydrogen-bond acceptors (Lipinski definition) is 2. The van der Waals surface area contributed by atoms with Crippen molar-refractivity contribution in [1.29, 1.82) is 0 Å². The van der Waals surface area contributed by atoms with Crippen LogP contribution in [0.4, 0.5) is 5.69 Å². The fourth-order valence-electron chi connectivity index (χ4n) is 2.46. The molecule has 1 unspecified atom stereocenters. The Bertz CT molecular complexity index is 382. The molecule has 1 saturated heterocycles. The SMILES string of the molecule is CCC(=O)c1ccc(N2CCC(CC)C2)cc1. The van der Waals surface area contributed by atoms with Crippen molar-refractivity contribution in [3.05, 3.63) is 29.8 Å². The summed E-state index contributed by atoms with van der Waals surface area (Å²) < 4.78 is 0. The Morgan fingerprint density at radius 3 is 2.53 bits per heavy atom. The van der Waals surface area contributed by atoms with Crippen molar-refractivity contribution in [2.75, 3.05) is 18.0 Å². The lowest BCUT2D eigenvalue weighted by atomic mass is 10.1. The molecule has 1 fully saturated rings. The highest BCUT2D eigenvalue weighted by molar-refractivity contribution is 5.96. The molecule has 0 N–H and O–H groups in total. The standard InChI is InChI=1S/C15H21NO/c1-3-12-9-10-16(11-12)14-7-5-13(6-8-14)15(17)4-2/h5-8,12H,3-4,9-11H2,1-2H3. The Morgan fingerprint density at radius 2 is 2.00 bits per heavy atom. The Kier molecular flexibility index (Phi) is 3.82. The smallest absolute Gasteiger partial charge is 0.162 e. The Morgan fingerprint density at radius 1 is 1.29 bits per heavy atom. The van der Waals surface area contributed by atoms with Crippen molar-refractivity contribution in [1.82, 2.24) is 0 Å². The molecular formula is C15H21NO. The van der Waals surface area contributed by atoms with Crippen molar-refractivity contribution in [2.24, 2.45) is 5.92 Å². The third-order valence-corrected chi connectivity index (χ3v) is 3.74. The average Bonchev–Trinajstić information content (AvgIpc) is 2.87. The predicted octanol–water partition coefficient (Wildman–Crippen LogP) is 3.52. The lowest BCUT2D eigenvalue weighted by Crippen LogP contribution is -2.19. The molecule has 0 amide bonds. The molecule has 1 heterocycles. The van der Waals surface area contributed by atoms with Gasteiger partial charge in [0.15, 0.2) is 5.78 Å². The summed E-state index contributed by atoms with van der Waals surface area (Å²) >= 11 is 0. The van der Waals surface area contributed by atoms with E-state index in [0.717, 1.165) is 24.6 Å². The number of hydrogen-bond donors (Lipinski definition) is 0. The van der Waals surface area contributed by atoms with Gasteiger partial charge in [0.05, 0.1) is 0 Å². The third-order valence-electron chi connectivity index (χ3n) is 3.74. The van der Waals surface area contributed by atoms with Gasteiger partial charge in [0.2, 0.25) is 0 Å². The summed E-state index contributed by atoms with van der Waals surface area (Å²) in [6.07, 6.45) is 3.15. The van der Waals surface area contributed by atoms with Crippen molar-refractivity contribution in [3.8, 4) is 0 Å². The van der Waals surface area contributed by atoms with Crippen LogP contribution in [-0.4, -0.2) is 18.9 Å². The molecule has 0 bridgehead atoms. The van der Waals surface area contributed by atoms with E-state index < -0.39 is 0 Å². The summed E-state index contributed by atoms with van der Waals surface area (Å²) in [4.78, 5) is 14.0. The van der Waals surface area contributed by atoms with Crippen LogP contribution >= 0.6 is 0 Å². The third kappa shape index (κ3) is 2.68. The number of benzene rings is 1. The second-order valence-corrected chi connectivity index (χ2v) is 4.83. The molecule has 1 aliphatic rings. The Hall–Kier alpha value is -1.31. The molecule has 2 rings (SSSR count). The van der Waals surface area contributed by atoms with Gasteiger partial charge in [-0.1, -0.05) is 20.3 Å². The summed E-state index contributed by atoms with van der Waals surface area (Å²) in [6.45, 7) is 6.48. The summed E-state index contributed by atoms with van der Waals surface area (Å²) in [5.41, 5.74) is 2.09. The quantitative estimate of drug-likeness (QED) is 0.739. The van der Waals surface area contributed by atoms with E-state index in [4.69, 9.17) is 0 Å². The molecule has 2 heteroatoms. The van der Waals surface area contributed by atoms with Crippen molar-refractivity contribution in [2.45, 2.75) is 33.1 Å². The predicted molar refractivity (Wildman–Crippen MR) is 71.7 cm³/mol. The van der Waals surface area contributed by atoms with Crippen LogP contribution in [0.2, 0.25) is 0 Å². The first-order valence-electron chi connectivity index (χ1n) is 6.62. The number of Topliss-reactive ketones (excluding diaryl/α,β-unsaturated/α-hetero) is 1. The molecule has 1 aromatic carbocycles. The molecule has 92 valence electrons. The highest BCUT2D eigenvalue weighted by Gasteiger charge is 2.20. The van der Waals surface area contributed by atoms with Gasteiger partial charge in [-0.15, -0.1) is 0 Å². The van der Waals surface area contributed by atoms with Crippen LogP contribution in [-0.2, 0) is 0 Å². The zero-order chi connectivity index (χ0) is 12.3. The highest BCUT2D eigenvalue weighted by atomic mass is 16.1. The van der Waals surface area contributed by atoms with Gasteiger partial charge in [0.1, 0.15) is 0 Å². The van der Waals surface area contributed by atoms with Crippen LogP contribution in [0.3, 0.4) is 0 Å². The zero-order valence-corrected chi connectivity index (χ0v) is 10.8. The van der Waals surface area contributed by atoms with Crippen molar-refractivity contribution in [3.63, 3.8) is 0 Å². The van der Waals surface area contributed by atoms with Crippen LogP contribution in [0.25, 0.3) is 0 Å². The van der Waals surface area contributed by atoms with Gasteiger partial charge in [0.25, 0.3) is 0 Å². The highest BCUT2D eigenvalue weighted by Crippen LogP contribution is 2.25. The zero-order valence-electron chi connectivity index (χ0n) is 10.8. The minimum Gasteiger partial charge on any atom is -0.371 e. The first kappa shape index (κ1) is 12.2. The number of anilines is 1. The minimum atomic E-state index is 0.226. The number of carbonyl (C=O) groups excluding carboxylic acids is 1. The molecule has 1 aliphatic heterocycles. The number of ketones is 1. The summed E-state index contributed by atoms with van der Waals surface area (Å²) in [7, 11) is 0. The fraction of sp³-hybridized carbons (Fsp3) is 0.533. The number of carbonyl (C=O) groups is 1. The van der Waals surface area contributed by atoms with E-state index in [1.54, 1.807) is 0 Å². The van der Waals surface area contributed by atoms with Crippen LogP contribution in [0, 0.1) is 5.92 Å². The first-order chi connectivity index (χ1) is 8.24. The van der Waals surface area contributed by atoms with Gasteiger partial charge in [0, 0.05) is 30.8 Å². The first-order valence-corrected chi connectivity index (χ1v) is 6.62. The van der Waals surface area contributed by atoms with Gasteiger partial charge >= 0.3 is 0 Å². The summed E-state index contributed by atoms with van der Waals surface area (Å²) in [5.74, 6) is 1.07. The normalized spacial score (nSPS) is 19.6. The second kappa shape index (κ2) is 5.35. The van der Waals surface area contributed by atoms with E-state index in [-0.39, 0.29) is 5.78 Å². The maximum absolute atomic E-state index is 11.5. The lowest BCUT2D eigenvalue weighted by Gasteiger charge is -2.18. The lowest BCUT2D eigenvalue weighted by molar-refractivity contribution is 0.0988. The van der Waals surface area contributed by atoms with Gasteiger partial charge < -0.3 is 4.90 Å². The summed E-state index contributed by atoms with van der Waals surface area (Å²) in [5, 5.41) is 0. The maximum atomic E-state index is 11.5. The van der Waals surface area contributed by atoms with Crippen molar-refractivity contribution < 1.29 is 4.79 Å². The van der Waals surface area contributed by atoms with E-state index in [9.17, 15) is 4.79 Å². The van der Waals surface area contributed by atoms with Gasteiger partial charge in [-0.3, -0.25) is 4.79 Å². The monoisotopic (exact) mass is 231 g/mol. The molecule has 0 aliphatic carbocycles. The van der Waals surface area contributed by atoms with E-state index in [2.05, 4.69) is 24.0 Å². The van der Waals surface area contributed by atoms with Crippen LogP contribution in [0.1, 0.15) is 43.5 Å². The van der Waals surface area contributed by atoms with Gasteiger partial charge in [-0.05, 0) is 36.6 Å². The summed E-state index contributed by atoms with van der Waals surface area (Å²) in [6, 6.07) is 8.09. The van der Waals surface area contributed by atoms with E-state index in [1.165, 1.54) is 18.5 Å². The van der Waals surface area contributed by atoms with Crippen molar-refractivity contribution >= 4 is 11.5 Å². The number of nitrogens with zero attached hydrogens (tertiary/aromatic N) is 1. The fourth-order valence-corrected chi connectivity index (χ4v) is 2.46. The molecule has 17 heavy (non-hydrogen) atoms. The van der Waals surface area contributed by atoms with E-state index >= 15 is 0 Å². The molecule has 0 spiro atoms. The molecule has 1 atom stereocenters. The topological polar surface area (TPSA) is 20.3 Å². The molecule has 1 aromatic rings. The number of rotatable bonds is 4. The van der Waals surface area contributed by atoms with Crippen LogP contribution in [0.5, 0.6) is 0 Å². The van der Waals surface area contributed by atoms with Crippen LogP contribution < -0.4 is 4.90 Å². The van der Waals surface area contributed by atoms with E-state index in [0.29, 0.717) is 6.42 Å². The molecule has 0 aromatic heterocycles. The van der Waals surface area contributed by atoms with Gasteiger partial charge in [-0.2, -0.15) is 0 Å². The van der Waals surface area contributed by atoms with Gasteiger partial charge in [-0.25, -0.2) is 0 Å². The molecule has 0 saturated carbocycles. The molecule has 0 radical (unpaired) electrons. The minimum absolute atomic E-state index is 0.226. The maximum Gasteiger partial charge on any atom is 0.162 e. The second-order valence-electron chi connectivity index (χ2n) is 4.83. The molecule has 2 nitrogen and oxygen atoms in total. The van der Waals surface area contributed by atoms with E-state index in [1.807, 2.05) is 19.1 Å². The van der Waals surface area contributed by atoms with Crippen LogP contribution in [0.15, 0.2) is 24.3 Å². The Balaban J connectivity index is 2.06. The Labute approximate surface area is 104 Å². The largest absolute Gasteiger partial charge is 0.371 e. The molecular weight excluding hydrogens is 210 g/mol.